The van der Waals surface area contributed by atoms with Gasteiger partial charge in [0, 0.05) is 37.2 Å². The quantitative estimate of drug-likeness (QED) is 0.327. The van der Waals surface area contributed by atoms with Crippen molar-refractivity contribution in [1.29, 1.82) is 0 Å². The number of carbonyl (C=O) groups excluding carboxylic acids is 2. The van der Waals surface area contributed by atoms with Crippen LogP contribution in [-0.4, -0.2) is 45.1 Å². The van der Waals surface area contributed by atoms with E-state index in [1.54, 1.807) is 12.2 Å². The van der Waals surface area contributed by atoms with E-state index in [4.69, 9.17) is 5.11 Å². The molecule has 1 aliphatic rings. The van der Waals surface area contributed by atoms with Crippen molar-refractivity contribution in [2.24, 2.45) is 17.8 Å². The molecule has 0 aliphatic heterocycles. The van der Waals surface area contributed by atoms with Crippen LogP contribution in [0.2, 0.25) is 0 Å². The third-order valence-corrected chi connectivity index (χ3v) is 5.28. The Balaban J connectivity index is 2.59. The molecule has 1 saturated carbocycles. The normalized spacial score (nSPS) is 24.9. The lowest BCUT2D eigenvalue weighted by Crippen LogP contribution is -2.22. The summed E-state index contributed by atoms with van der Waals surface area (Å²) in [6.07, 6.45) is 8.73. The average molecular weight is 395 g/mol. The van der Waals surface area contributed by atoms with E-state index < -0.39 is 30.0 Å². The zero-order valence-corrected chi connectivity index (χ0v) is 16.9. The topological polar surface area (TPSA) is 112 Å². The molecule has 6 nitrogen and oxygen atoms in total. The minimum atomic E-state index is -1.06. The molecule has 28 heavy (non-hydrogen) atoms. The van der Waals surface area contributed by atoms with Gasteiger partial charge >= 0.3 is 5.97 Å². The van der Waals surface area contributed by atoms with Gasteiger partial charge in [0.15, 0.2) is 0 Å². The molecule has 6 heteroatoms. The van der Waals surface area contributed by atoms with Crippen molar-refractivity contribution in [2.75, 3.05) is 0 Å². The van der Waals surface area contributed by atoms with E-state index in [1.165, 1.54) is 6.08 Å². The van der Waals surface area contributed by atoms with Crippen LogP contribution in [-0.2, 0) is 14.4 Å². The molecule has 0 aromatic heterocycles. The van der Waals surface area contributed by atoms with E-state index in [9.17, 15) is 24.6 Å². The number of rotatable bonds is 13. The number of ketones is 2. The minimum absolute atomic E-state index is 0.0227. The molecule has 0 amide bonds. The largest absolute Gasteiger partial charge is 0.478 e. The molecule has 1 rings (SSSR count). The SMILES string of the molecule is CCCC[C@H](C)C[C@H](O)/C=C/[C@H]1[C@H](O)CC(=O)[C@@H]1CC(=O)CC/C=C/C(=O)O. The Kier molecular flexibility index (Phi) is 10.9. The van der Waals surface area contributed by atoms with Gasteiger partial charge in [-0.05, 0) is 18.8 Å². The summed E-state index contributed by atoms with van der Waals surface area (Å²) in [5, 5.41) is 28.9. The zero-order chi connectivity index (χ0) is 21.1. The molecule has 1 aliphatic carbocycles. The first-order valence-electron chi connectivity index (χ1n) is 10.2. The van der Waals surface area contributed by atoms with Gasteiger partial charge in [-0.15, -0.1) is 0 Å². The highest BCUT2D eigenvalue weighted by Crippen LogP contribution is 2.33. The van der Waals surface area contributed by atoms with E-state index in [-0.39, 0.29) is 30.8 Å². The lowest BCUT2D eigenvalue weighted by Gasteiger charge is -2.18. The summed E-state index contributed by atoms with van der Waals surface area (Å²) in [6.45, 7) is 4.23. The Labute approximate surface area is 167 Å². The third kappa shape index (κ3) is 8.93. The first-order valence-corrected chi connectivity index (χ1v) is 10.2. The second-order valence-corrected chi connectivity index (χ2v) is 7.88. The van der Waals surface area contributed by atoms with Gasteiger partial charge in [0.1, 0.15) is 11.6 Å². The van der Waals surface area contributed by atoms with Crippen LogP contribution in [0.15, 0.2) is 24.3 Å². The van der Waals surface area contributed by atoms with Crippen LogP contribution >= 0.6 is 0 Å². The summed E-state index contributed by atoms with van der Waals surface area (Å²) in [6, 6.07) is 0. The van der Waals surface area contributed by atoms with Crippen molar-refractivity contribution in [1.82, 2.24) is 0 Å². The number of carboxylic acid groups (broad SMARTS) is 1. The first-order chi connectivity index (χ1) is 13.2. The third-order valence-electron chi connectivity index (χ3n) is 5.28. The number of carbonyl (C=O) groups is 3. The molecular formula is C22H34O6. The number of aliphatic hydroxyl groups is 2. The summed E-state index contributed by atoms with van der Waals surface area (Å²) >= 11 is 0. The lowest BCUT2D eigenvalue weighted by molar-refractivity contribution is -0.131. The van der Waals surface area contributed by atoms with Crippen molar-refractivity contribution in [3.63, 3.8) is 0 Å². The van der Waals surface area contributed by atoms with Gasteiger partial charge in [-0.2, -0.15) is 0 Å². The molecule has 1 fully saturated rings. The van der Waals surface area contributed by atoms with Crippen molar-refractivity contribution in [2.45, 2.75) is 77.4 Å². The maximum absolute atomic E-state index is 12.2. The van der Waals surface area contributed by atoms with Crippen LogP contribution in [0.3, 0.4) is 0 Å². The summed E-state index contributed by atoms with van der Waals surface area (Å²) in [4.78, 5) is 34.7. The molecular weight excluding hydrogens is 360 g/mol. The Hall–Kier alpha value is -1.79. The highest BCUT2D eigenvalue weighted by atomic mass is 16.4. The second kappa shape index (κ2) is 12.6. The molecule has 0 aromatic carbocycles. The predicted molar refractivity (Wildman–Crippen MR) is 107 cm³/mol. The van der Waals surface area contributed by atoms with Crippen LogP contribution in [0, 0.1) is 17.8 Å². The highest BCUT2D eigenvalue weighted by molar-refractivity contribution is 5.90. The van der Waals surface area contributed by atoms with E-state index in [1.807, 2.05) is 0 Å². The van der Waals surface area contributed by atoms with Crippen LogP contribution < -0.4 is 0 Å². The number of aliphatic hydroxyl groups excluding tert-OH is 2. The van der Waals surface area contributed by atoms with Crippen molar-refractivity contribution < 1.29 is 29.7 Å². The Morgan fingerprint density at radius 3 is 2.68 bits per heavy atom. The molecule has 0 unspecified atom stereocenters. The molecule has 0 radical (unpaired) electrons. The average Bonchev–Trinajstić information content (AvgIpc) is 2.88. The summed E-state index contributed by atoms with van der Waals surface area (Å²) in [7, 11) is 0. The van der Waals surface area contributed by atoms with Gasteiger partial charge in [0.2, 0.25) is 0 Å². The highest BCUT2D eigenvalue weighted by Gasteiger charge is 2.40. The Morgan fingerprint density at radius 1 is 1.32 bits per heavy atom. The van der Waals surface area contributed by atoms with Gasteiger partial charge in [0.05, 0.1) is 12.2 Å². The first kappa shape index (κ1) is 24.2. The van der Waals surface area contributed by atoms with Crippen LogP contribution in [0.1, 0.15) is 65.2 Å². The molecule has 0 aromatic rings. The number of Topliss-reactive ketones (excluding diaryl/α,β-unsaturated/α-hetero) is 2. The van der Waals surface area contributed by atoms with E-state index >= 15 is 0 Å². The molecule has 3 N–H and O–H groups in total. The monoisotopic (exact) mass is 394 g/mol. The van der Waals surface area contributed by atoms with Crippen LogP contribution in [0.5, 0.6) is 0 Å². The number of hydrogen-bond acceptors (Lipinski definition) is 5. The molecule has 158 valence electrons. The number of carboxylic acids is 1. The van der Waals surface area contributed by atoms with Gasteiger partial charge < -0.3 is 15.3 Å². The molecule has 0 saturated heterocycles. The lowest BCUT2D eigenvalue weighted by atomic mass is 9.87. The second-order valence-electron chi connectivity index (χ2n) is 7.88. The molecule has 0 heterocycles. The number of allylic oxidation sites excluding steroid dienone is 1. The van der Waals surface area contributed by atoms with Gasteiger partial charge in [-0.3, -0.25) is 9.59 Å². The Morgan fingerprint density at radius 2 is 2.04 bits per heavy atom. The van der Waals surface area contributed by atoms with Crippen molar-refractivity contribution in [3.05, 3.63) is 24.3 Å². The minimum Gasteiger partial charge on any atom is -0.478 e. The van der Waals surface area contributed by atoms with Gasteiger partial charge in [-0.1, -0.05) is 51.3 Å². The molecule has 0 spiro atoms. The molecule has 5 atom stereocenters. The predicted octanol–water partition coefficient (Wildman–Crippen LogP) is 3.07. The maximum atomic E-state index is 12.2. The standard InChI is InChI=1S/C22H34O6/c1-3-4-7-15(2)12-17(24)10-11-18-19(21(26)14-20(18)25)13-16(23)8-5-6-9-22(27)28/h6,9-11,15,17-20,24-25H,3-5,7-8,12-14H2,1-2H3,(H,27,28)/b9-6+,11-10+/t15-,17+,18+,19+,20+/m0/s1. The van der Waals surface area contributed by atoms with E-state index in [0.29, 0.717) is 18.8 Å². The fourth-order valence-electron chi connectivity index (χ4n) is 3.68. The summed E-state index contributed by atoms with van der Waals surface area (Å²) < 4.78 is 0. The molecule has 0 bridgehead atoms. The summed E-state index contributed by atoms with van der Waals surface area (Å²) in [5.74, 6) is -1.98. The number of aliphatic carboxylic acids is 1. The van der Waals surface area contributed by atoms with Gasteiger partial charge in [0.25, 0.3) is 0 Å². The maximum Gasteiger partial charge on any atom is 0.327 e. The van der Waals surface area contributed by atoms with Crippen molar-refractivity contribution >= 4 is 17.5 Å². The Bertz CT molecular complexity index is 580. The van der Waals surface area contributed by atoms with Gasteiger partial charge in [-0.25, -0.2) is 4.79 Å². The van der Waals surface area contributed by atoms with E-state index in [0.717, 1.165) is 25.3 Å². The number of unbranched alkanes of at least 4 members (excludes halogenated alkanes) is 1. The smallest absolute Gasteiger partial charge is 0.327 e. The summed E-state index contributed by atoms with van der Waals surface area (Å²) in [5.41, 5.74) is 0. The fraction of sp³-hybridized carbons (Fsp3) is 0.682. The zero-order valence-electron chi connectivity index (χ0n) is 16.9. The van der Waals surface area contributed by atoms with Crippen LogP contribution in [0.25, 0.3) is 0 Å². The van der Waals surface area contributed by atoms with Crippen LogP contribution in [0.4, 0.5) is 0 Å². The fourth-order valence-corrected chi connectivity index (χ4v) is 3.68. The van der Waals surface area contributed by atoms with Crippen molar-refractivity contribution in [3.8, 4) is 0 Å². The van der Waals surface area contributed by atoms with E-state index in [2.05, 4.69) is 13.8 Å². The number of hydrogen-bond donors (Lipinski definition) is 3.